The highest BCUT2D eigenvalue weighted by molar-refractivity contribution is 5.37. The molecule has 0 spiro atoms. The summed E-state index contributed by atoms with van der Waals surface area (Å²) < 4.78 is 0. The zero-order valence-electron chi connectivity index (χ0n) is 11.0. The molecule has 1 N–H and O–H groups in total. The first-order valence-corrected chi connectivity index (χ1v) is 5.98. The second-order valence-electron chi connectivity index (χ2n) is 4.66. The van der Waals surface area contributed by atoms with Gasteiger partial charge in [0.2, 0.25) is 0 Å². The van der Waals surface area contributed by atoms with Gasteiger partial charge in [-0.1, -0.05) is 24.6 Å². The van der Waals surface area contributed by atoms with Crippen LogP contribution >= 0.6 is 0 Å². The van der Waals surface area contributed by atoms with E-state index >= 15 is 0 Å². The molecule has 0 aliphatic carbocycles. The van der Waals surface area contributed by atoms with E-state index in [-0.39, 0.29) is 6.04 Å². The van der Waals surface area contributed by atoms with E-state index < -0.39 is 0 Å². The fourth-order valence-electron chi connectivity index (χ4n) is 1.90. The summed E-state index contributed by atoms with van der Waals surface area (Å²) in [5.74, 6) is 0.397. The van der Waals surface area contributed by atoms with Crippen molar-refractivity contribution in [2.24, 2.45) is 0 Å². The molecule has 2 unspecified atom stereocenters. The predicted molar refractivity (Wildman–Crippen MR) is 68.8 cm³/mol. The van der Waals surface area contributed by atoms with Crippen molar-refractivity contribution in [3.63, 3.8) is 0 Å². The summed E-state index contributed by atoms with van der Waals surface area (Å²) in [6.07, 6.45) is 1.12. The van der Waals surface area contributed by atoms with Gasteiger partial charge >= 0.3 is 0 Å². The lowest BCUT2D eigenvalue weighted by Crippen LogP contribution is -2.31. The molecule has 16 heavy (non-hydrogen) atoms. The summed E-state index contributed by atoms with van der Waals surface area (Å²) in [4.78, 5) is 2.30. The molecule has 2 nitrogen and oxygen atoms in total. The van der Waals surface area contributed by atoms with E-state index in [0.717, 1.165) is 12.0 Å². The molecule has 0 radical (unpaired) electrons. The summed E-state index contributed by atoms with van der Waals surface area (Å²) in [6.45, 7) is 8.59. The van der Waals surface area contributed by atoms with Crippen LogP contribution in [0.5, 0.6) is 5.75 Å². The van der Waals surface area contributed by atoms with Crippen LogP contribution in [0.4, 0.5) is 0 Å². The first kappa shape index (κ1) is 13.0. The number of phenolic OH excluding ortho intramolecular Hbond substituents is 1. The average molecular weight is 221 g/mol. The SMILES string of the molecule is CCC(C)N(C)C(C)c1cc(C)ccc1O. The fourth-order valence-corrected chi connectivity index (χ4v) is 1.90. The van der Waals surface area contributed by atoms with E-state index in [1.807, 2.05) is 6.07 Å². The van der Waals surface area contributed by atoms with Crippen LogP contribution in [-0.4, -0.2) is 23.1 Å². The van der Waals surface area contributed by atoms with Gasteiger partial charge in [0.15, 0.2) is 0 Å². The van der Waals surface area contributed by atoms with Crippen LogP contribution in [-0.2, 0) is 0 Å². The third-order valence-corrected chi connectivity index (χ3v) is 3.53. The number of phenols is 1. The van der Waals surface area contributed by atoms with Gasteiger partial charge in [-0.15, -0.1) is 0 Å². The number of benzene rings is 1. The van der Waals surface area contributed by atoms with Crippen molar-refractivity contribution in [3.8, 4) is 5.75 Å². The Morgan fingerprint density at radius 3 is 2.50 bits per heavy atom. The van der Waals surface area contributed by atoms with E-state index in [1.165, 1.54) is 5.56 Å². The lowest BCUT2D eigenvalue weighted by atomic mass is 10.0. The van der Waals surface area contributed by atoms with Crippen molar-refractivity contribution in [2.45, 2.75) is 46.2 Å². The van der Waals surface area contributed by atoms with Crippen molar-refractivity contribution >= 4 is 0 Å². The number of rotatable bonds is 4. The number of nitrogens with zero attached hydrogens (tertiary/aromatic N) is 1. The first-order chi connectivity index (χ1) is 7.47. The van der Waals surface area contributed by atoms with E-state index in [1.54, 1.807) is 6.07 Å². The predicted octanol–water partition coefficient (Wildman–Crippen LogP) is 3.49. The van der Waals surface area contributed by atoms with E-state index in [0.29, 0.717) is 11.8 Å². The largest absolute Gasteiger partial charge is 0.508 e. The Balaban J connectivity index is 2.95. The Labute approximate surface area is 98.9 Å². The molecule has 0 amide bonds. The van der Waals surface area contributed by atoms with E-state index in [9.17, 15) is 5.11 Å². The molecule has 0 bridgehead atoms. The minimum Gasteiger partial charge on any atom is -0.508 e. The van der Waals surface area contributed by atoms with Crippen LogP contribution in [0.1, 0.15) is 44.4 Å². The Hall–Kier alpha value is -1.02. The smallest absolute Gasteiger partial charge is 0.120 e. The van der Waals surface area contributed by atoms with Crippen LogP contribution in [0.25, 0.3) is 0 Å². The Morgan fingerprint density at radius 2 is 1.94 bits per heavy atom. The molecule has 1 aromatic carbocycles. The summed E-state index contributed by atoms with van der Waals surface area (Å²) in [6, 6.07) is 6.56. The summed E-state index contributed by atoms with van der Waals surface area (Å²) in [5.41, 5.74) is 2.21. The molecule has 0 heterocycles. The first-order valence-electron chi connectivity index (χ1n) is 5.98. The van der Waals surface area contributed by atoms with E-state index in [4.69, 9.17) is 0 Å². The van der Waals surface area contributed by atoms with Gasteiger partial charge in [-0.3, -0.25) is 4.90 Å². The van der Waals surface area contributed by atoms with Gasteiger partial charge in [0.25, 0.3) is 0 Å². The number of aryl methyl sites for hydroxylation is 1. The third kappa shape index (κ3) is 2.76. The standard InChI is InChI=1S/C14H23NO/c1-6-11(3)15(5)12(4)13-9-10(2)7-8-14(13)16/h7-9,11-12,16H,6H2,1-5H3. The van der Waals surface area contributed by atoms with Crippen LogP contribution in [0, 0.1) is 6.92 Å². The molecule has 0 saturated carbocycles. The van der Waals surface area contributed by atoms with Gasteiger partial charge in [0, 0.05) is 17.6 Å². The molecular formula is C14H23NO. The summed E-state index contributed by atoms with van der Waals surface area (Å²) >= 11 is 0. The summed E-state index contributed by atoms with van der Waals surface area (Å²) in [5, 5.41) is 9.88. The molecule has 1 rings (SSSR count). The molecule has 90 valence electrons. The molecule has 0 saturated heterocycles. The van der Waals surface area contributed by atoms with Gasteiger partial charge in [0.1, 0.15) is 5.75 Å². The second-order valence-corrected chi connectivity index (χ2v) is 4.66. The maximum atomic E-state index is 9.88. The second kappa shape index (κ2) is 5.35. The number of hydrogen-bond acceptors (Lipinski definition) is 2. The van der Waals surface area contributed by atoms with Crippen molar-refractivity contribution in [2.75, 3.05) is 7.05 Å². The number of aromatic hydroxyl groups is 1. The van der Waals surface area contributed by atoms with Crippen LogP contribution in [0.2, 0.25) is 0 Å². The molecule has 0 aromatic heterocycles. The van der Waals surface area contributed by atoms with Gasteiger partial charge < -0.3 is 5.11 Å². The topological polar surface area (TPSA) is 23.5 Å². The molecule has 0 aliphatic heterocycles. The third-order valence-electron chi connectivity index (χ3n) is 3.53. The Morgan fingerprint density at radius 1 is 1.31 bits per heavy atom. The minimum absolute atomic E-state index is 0.245. The van der Waals surface area contributed by atoms with Crippen molar-refractivity contribution in [1.82, 2.24) is 4.90 Å². The monoisotopic (exact) mass is 221 g/mol. The van der Waals surface area contributed by atoms with Gasteiger partial charge in [0.05, 0.1) is 0 Å². The highest BCUT2D eigenvalue weighted by Gasteiger charge is 2.18. The zero-order chi connectivity index (χ0) is 12.3. The van der Waals surface area contributed by atoms with Crippen LogP contribution in [0.3, 0.4) is 0 Å². The quantitative estimate of drug-likeness (QED) is 0.841. The van der Waals surface area contributed by atoms with Crippen molar-refractivity contribution in [3.05, 3.63) is 29.3 Å². The molecule has 0 fully saturated rings. The fraction of sp³-hybridized carbons (Fsp3) is 0.571. The maximum absolute atomic E-state index is 9.88. The zero-order valence-corrected chi connectivity index (χ0v) is 11.0. The molecule has 1 aromatic rings. The Kier molecular flexibility index (Phi) is 4.36. The minimum atomic E-state index is 0.245. The van der Waals surface area contributed by atoms with Crippen LogP contribution in [0.15, 0.2) is 18.2 Å². The average Bonchev–Trinajstić information content (AvgIpc) is 2.29. The molecular weight excluding hydrogens is 198 g/mol. The lowest BCUT2D eigenvalue weighted by molar-refractivity contribution is 0.190. The van der Waals surface area contributed by atoms with E-state index in [2.05, 4.69) is 45.7 Å². The van der Waals surface area contributed by atoms with Gasteiger partial charge in [-0.2, -0.15) is 0 Å². The molecule has 0 aliphatic rings. The van der Waals surface area contributed by atoms with Gasteiger partial charge in [-0.25, -0.2) is 0 Å². The Bertz CT molecular complexity index is 349. The molecule has 2 heteroatoms. The highest BCUT2D eigenvalue weighted by Crippen LogP contribution is 2.29. The maximum Gasteiger partial charge on any atom is 0.120 e. The lowest BCUT2D eigenvalue weighted by Gasteiger charge is -2.31. The van der Waals surface area contributed by atoms with Crippen LogP contribution < -0.4 is 0 Å². The van der Waals surface area contributed by atoms with Gasteiger partial charge in [-0.05, 0) is 40.3 Å². The normalized spacial score (nSPS) is 15.1. The number of hydrogen-bond donors (Lipinski definition) is 1. The van der Waals surface area contributed by atoms with Crippen molar-refractivity contribution in [1.29, 1.82) is 0 Å². The summed E-state index contributed by atoms with van der Waals surface area (Å²) in [7, 11) is 2.11. The molecule has 2 atom stereocenters. The highest BCUT2D eigenvalue weighted by atomic mass is 16.3. The van der Waals surface area contributed by atoms with Crippen molar-refractivity contribution < 1.29 is 5.11 Å².